The summed E-state index contributed by atoms with van der Waals surface area (Å²) in [6.07, 6.45) is 3.97. The molecular formula is C10H13NO2S. The molecule has 3 nitrogen and oxygen atoms in total. The molecule has 0 saturated carbocycles. The van der Waals surface area contributed by atoms with Gasteiger partial charge in [-0.15, -0.1) is 11.3 Å². The van der Waals surface area contributed by atoms with Crippen LogP contribution in [0.25, 0.3) is 6.08 Å². The average Bonchev–Trinajstić information content (AvgIpc) is 2.66. The number of esters is 1. The molecule has 0 aliphatic heterocycles. The van der Waals surface area contributed by atoms with Gasteiger partial charge in [-0.05, 0) is 24.1 Å². The molecule has 14 heavy (non-hydrogen) atoms. The number of rotatable bonds is 4. The third-order valence-electron chi connectivity index (χ3n) is 1.64. The second-order valence-corrected chi connectivity index (χ2v) is 3.61. The Morgan fingerprint density at radius 3 is 3.14 bits per heavy atom. The van der Waals surface area contributed by atoms with Gasteiger partial charge in [0.25, 0.3) is 0 Å². The lowest BCUT2D eigenvalue weighted by molar-refractivity contribution is 0.0606. The Morgan fingerprint density at radius 2 is 2.50 bits per heavy atom. The predicted octanol–water partition coefficient (Wildman–Crippen LogP) is 1.77. The van der Waals surface area contributed by atoms with E-state index in [9.17, 15) is 4.79 Å². The highest BCUT2D eigenvalue weighted by molar-refractivity contribution is 7.12. The second-order valence-electron chi connectivity index (χ2n) is 2.70. The van der Waals surface area contributed by atoms with Gasteiger partial charge in [-0.2, -0.15) is 0 Å². The molecule has 0 aromatic carbocycles. The summed E-state index contributed by atoms with van der Waals surface area (Å²) in [5, 5.41) is 4.93. The van der Waals surface area contributed by atoms with Crippen LogP contribution in [0.5, 0.6) is 0 Å². The minimum atomic E-state index is -0.275. The normalized spacial score (nSPS) is 10.7. The number of carbonyl (C=O) groups excluding carboxylic acids is 1. The average molecular weight is 211 g/mol. The molecule has 1 rings (SSSR count). The van der Waals surface area contributed by atoms with E-state index in [1.54, 1.807) is 0 Å². The summed E-state index contributed by atoms with van der Waals surface area (Å²) in [5.41, 5.74) is 1.03. The first-order valence-electron chi connectivity index (χ1n) is 4.26. The van der Waals surface area contributed by atoms with Gasteiger partial charge in [0.15, 0.2) is 0 Å². The summed E-state index contributed by atoms with van der Waals surface area (Å²) in [5.74, 6) is -0.275. The Morgan fingerprint density at radius 1 is 1.71 bits per heavy atom. The van der Waals surface area contributed by atoms with Crippen molar-refractivity contribution in [2.45, 2.75) is 0 Å². The maximum absolute atomic E-state index is 11.1. The van der Waals surface area contributed by atoms with Gasteiger partial charge in [0, 0.05) is 6.54 Å². The van der Waals surface area contributed by atoms with E-state index >= 15 is 0 Å². The van der Waals surface area contributed by atoms with Crippen molar-refractivity contribution in [1.82, 2.24) is 5.32 Å². The molecule has 1 aromatic heterocycles. The third kappa shape index (κ3) is 2.97. The second kappa shape index (κ2) is 5.57. The zero-order chi connectivity index (χ0) is 10.4. The van der Waals surface area contributed by atoms with E-state index in [0.29, 0.717) is 4.88 Å². The van der Waals surface area contributed by atoms with Gasteiger partial charge in [-0.3, -0.25) is 0 Å². The van der Waals surface area contributed by atoms with Crippen molar-refractivity contribution in [3.8, 4) is 0 Å². The van der Waals surface area contributed by atoms with Crippen LogP contribution < -0.4 is 5.32 Å². The van der Waals surface area contributed by atoms with E-state index in [-0.39, 0.29) is 5.97 Å². The van der Waals surface area contributed by atoms with Gasteiger partial charge in [0.2, 0.25) is 0 Å². The van der Waals surface area contributed by atoms with Gasteiger partial charge < -0.3 is 10.1 Å². The van der Waals surface area contributed by atoms with Crippen LogP contribution in [-0.4, -0.2) is 26.7 Å². The van der Waals surface area contributed by atoms with E-state index in [0.717, 1.165) is 12.1 Å². The Balaban J connectivity index is 2.63. The van der Waals surface area contributed by atoms with Crippen molar-refractivity contribution in [2.24, 2.45) is 0 Å². The fourth-order valence-corrected chi connectivity index (χ4v) is 1.75. The maximum atomic E-state index is 11.1. The Hall–Kier alpha value is -1.13. The Labute approximate surface area is 87.4 Å². The van der Waals surface area contributed by atoms with Crippen molar-refractivity contribution in [1.29, 1.82) is 0 Å². The largest absolute Gasteiger partial charge is 0.465 e. The molecule has 4 heteroatoms. The standard InChI is InChI=1S/C10H13NO2S/c1-11-5-3-4-8-6-9(14-7-8)10(12)13-2/h3-4,6-7,11H,5H2,1-2H3. The lowest BCUT2D eigenvalue weighted by atomic mass is 10.3. The van der Waals surface area contributed by atoms with Crippen LogP contribution in [0, 0.1) is 0 Å². The molecule has 0 fully saturated rings. The van der Waals surface area contributed by atoms with Crippen LogP contribution in [-0.2, 0) is 4.74 Å². The SMILES string of the molecule is CNCC=Cc1csc(C(=O)OC)c1. The summed E-state index contributed by atoms with van der Waals surface area (Å²) in [4.78, 5) is 11.7. The highest BCUT2D eigenvalue weighted by Crippen LogP contribution is 2.16. The van der Waals surface area contributed by atoms with Crippen LogP contribution in [0.15, 0.2) is 17.5 Å². The Kier molecular flexibility index (Phi) is 4.35. The maximum Gasteiger partial charge on any atom is 0.348 e. The first kappa shape index (κ1) is 10.9. The fourth-order valence-electron chi connectivity index (χ4n) is 0.959. The Bertz CT molecular complexity index is 331. The monoisotopic (exact) mass is 211 g/mol. The van der Waals surface area contributed by atoms with Crippen molar-refractivity contribution < 1.29 is 9.53 Å². The molecule has 0 amide bonds. The molecule has 0 aliphatic rings. The molecule has 0 bridgehead atoms. The number of thiophene rings is 1. The number of methoxy groups -OCH3 is 1. The molecule has 0 atom stereocenters. The van der Waals surface area contributed by atoms with Crippen LogP contribution >= 0.6 is 11.3 Å². The molecule has 0 unspecified atom stereocenters. The number of carbonyl (C=O) groups is 1. The highest BCUT2D eigenvalue weighted by Gasteiger charge is 2.06. The molecule has 0 radical (unpaired) electrons. The molecule has 0 aliphatic carbocycles. The van der Waals surface area contributed by atoms with Gasteiger partial charge in [0.1, 0.15) is 4.88 Å². The number of ether oxygens (including phenoxy) is 1. The number of hydrogen-bond acceptors (Lipinski definition) is 4. The van der Waals surface area contributed by atoms with Crippen molar-refractivity contribution in [2.75, 3.05) is 20.7 Å². The molecule has 0 spiro atoms. The number of nitrogens with one attached hydrogen (secondary N) is 1. The van der Waals surface area contributed by atoms with E-state index in [2.05, 4.69) is 10.1 Å². The van der Waals surface area contributed by atoms with E-state index < -0.39 is 0 Å². The van der Waals surface area contributed by atoms with Crippen molar-refractivity contribution in [3.63, 3.8) is 0 Å². The zero-order valence-electron chi connectivity index (χ0n) is 8.24. The van der Waals surface area contributed by atoms with Crippen LogP contribution in [0.1, 0.15) is 15.2 Å². The quantitative estimate of drug-likeness (QED) is 0.771. The molecule has 1 heterocycles. The summed E-state index contributed by atoms with van der Waals surface area (Å²) in [6, 6.07) is 1.82. The summed E-state index contributed by atoms with van der Waals surface area (Å²) in [7, 11) is 3.27. The van der Waals surface area contributed by atoms with E-state index in [4.69, 9.17) is 0 Å². The van der Waals surface area contributed by atoms with Gasteiger partial charge in [-0.25, -0.2) is 4.79 Å². The fraction of sp³-hybridized carbons (Fsp3) is 0.300. The van der Waals surface area contributed by atoms with Gasteiger partial charge in [0.05, 0.1) is 7.11 Å². The lowest BCUT2D eigenvalue weighted by Gasteiger charge is -1.91. The zero-order valence-corrected chi connectivity index (χ0v) is 9.06. The van der Waals surface area contributed by atoms with Gasteiger partial charge in [-0.1, -0.05) is 12.2 Å². The number of likely N-dealkylation sites (N-methyl/N-ethyl adjacent to an activating group) is 1. The van der Waals surface area contributed by atoms with Crippen LogP contribution in [0.2, 0.25) is 0 Å². The lowest BCUT2D eigenvalue weighted by Crippen LogP contribution is -2.03. The topological polar surface area (TPSA) is 38.3 Å². The smallest absolute Gasteiger partial charge is 0.348 e. The molecule has 0 saturated heterocycles. The predicted molar refractivity (Wildman–Crippen MR) is 58.6 cm³/mol. The van der Waals surface area contributed by atoms with Gasteiger partial charge >= 0.3 is 5.97 Å². The first-order valence-corrected chi connectivity index (χ1v) is 5.14. The minimum absolute atomic E-state index is 0.275. The number of hydrogen-bond donors (Lipinski definition) is 1. The molecule has 1 N–H and O–H groups in total. The summed E-state index contributed by atoms with van der Waals surface area (Å²) < 4.78 is 4.61. The molecule has 1 aromatic rings. The highest BCUT2D eigenvalue weighted by atomic mass is 32.1. The first-order chi connectivity index (χ1) is 6.77. The summed E-state index contributed by atoms with van der Waals surface area (Å²) in [6.45, 7) is 0.823. The molecular weight excluding hydrogens is 198 g/mol. The third-order valence-corrected chi connectivity index (χ3v) is 2.57. The minimum Gasteiger partial charge on any atom is -0.465 e. The molecule has 76 valence electrons. The van der Waals surface area contributed by atoms with Crippen molar-refractivity contribution >= 4 is 23.4 Å². The van der Waals surface area contributed by atoms with E-state index in [1.165, 1.54) is 18.4 Å². The summed E-state index contributed by atoms with van der Waals surface area (Å²) >= 11 is 1.39. The van der Waals surface area contributed by atoms with Crippen LogP contribution in [0.4, 0.5) is 0 Å². The van der Waals surface area contributed by atoms with Crippen LogP contribution in [0.3, 0.4) is 0 Å². The van der Waals surface area contributed by atoms with E-state index in [1.807, 2.05) is 30.6 Å². The van der Waals surface area contributed by atoms with Crippen molar-refractivity contribution in [3.05, 3.63) is 28.0 Å².